The molecular formula is C15H20ClN5O2. The summed E-state index contributed by atoms with van der Waals surface area (Å²) in [5.74, 6) is 0.447. The van der Waals surface area contributed by atoms with Gasteiger partial charge in [-0.2, -0.15) is 10.2 Å². The first-order chi connectivity index (χ1) is 11.1. The molecule has 2 aromatic rings. The van der Waals surface area contributed by atoms with Crippen LogP contribution in [0.4, 0.5) is 0 Å². The average Bonchev–Trinajstić information content (AvgIpc) is 3.21. The number of aromatic nitrogens is 4. The molecule has 1 amide bonds. The molecule has 3 rings (SSSR count). The largest absolute Gasteiger partial charge is 0.485 e. The molecule has 2 N–H and O–H groups in total. The summed E-state index contributed by atoms with van der Waals surface area (Å²) >= 11 is 6.18. The topological polar surface area (TPSA) is 84.8 Å². The van der Waals surface area contributed by atoms with Crippen molar-refractivity contribution in [2.45, 2.75) is 44.8 Å². The van der Waals surface area contributed by atoms with E-state index in [0.29, 0.717) is 17.2 Å². The molecule has 0 radical (unpaired) electrons. The molecule has 0 spiro atoms. The second kappa shape index (κ2) is 6.62. The number of nitrogens with zero attached hydrogens (tertiary/aromatic N) is 3. The number of nitrogens with one attached hydrogen (secondary N) is 2. The lowest BCUT2D eigenvalue weighted by Gasteiger charge is -2.21. The zero-order valence-electron chi connectivity index (χ0n) is 13.2. The second-order valence-corrected chi connectivity index (χ2v) is 6.11. The van der Waals surface area contributed by atoms with Crippen LogP contribution >= 0.6 is 11.6 Å². The van der Waals surface area contributed by atoms with Crippen LogP contribution in [0.2, 0.25) is 5.02 Å². The summed E-state index contributed by atoms with van der Waals surface area (Å²) in [6.45, 7) is 1.95. The summed E-state index contributed by atoms with van der Waals surface area (Å²) in [5, 5.41) is 14.3. The Kier molecular flexibility index (Phi) is 4.56. The van der Waals surface area contributed by atoms with Gasteiger partial charge in [0.1, 0.15) is 6.10 Å². The van der Waals surface area contributed by atoms with E-state index in [-0.39, 0.29) is 23.7 Å². The van der Waals surface area contributed by atoms with Crippen LogP contribution in [0.25, 0.3) is 0 Å². The molecule has 0 bridgehead atoms. The Labute approximate surface area is 139 Å². The van der Waals surface area contributed by atoms with Gasteiger partial charge in [-0.25, -0.2) is 0 Å². The Hall–Kier alpha value is -2.02. The minimum atomic E-state index is -0.266. The molecule has 2 aromatic heterocycles. The van der Waals surface area contributed by atoms with Gasteiger partial charge >= 0.3 is 0 Å². The van der Waals surface area contributed by atoms with E-state index in [1.165, 1.54) is 0 Å². The molecule has 1 aliphatic rings. The Morgan fingerprint density at radius 2 is 2.39 bits per heavy atom. The second-order valence-electron chi connectivity index (χ2n) is 5.74. The fraction of sp³-hybridized carbons (Fsp3) is 0.533. The molecule has 0 unspecified atom stereocenters. The molecule has 1 fully saturated rings. The van der Waals surface area contributed by atoms with Crippen molar-refractivity contribution in [3.63, 3.8) is 0 Å². The van der Waals surface area contributed by atoms with Crippen LogP contribution in [0.1, 0.15) is 42.4 Å². The van der Waals surface area contributed by atoms with Crippen molar-refractivity contribution in [1.82, 2.24) is 25.3 Å². The molecule has 2 atom stereocenters. The predicted molar refractivity (Wildman–Crippen MR) is 85.7 cm³/mol. The number of aryl methyl sites for hydroxylation is 2. The van der Waals surface area contributed by atoms with Crippen LogP contribution in [0.3, 0.4) is 0 Å². The smallest absolute Gasteiger partial charge is 0.273 e. The van der Waals surface area contributed by atoms with Crippen molar-refractivity contribution in [2.75, 3.05) is 0 Å². The maximum Gasteiger partial charge on any atom is 0.273 e. The van der Waals surface area contributed by atoms with Crippen LogP contribution in [0.5, 0.6) is 5.75 Å². The van der Waals surface area contributed by atoms with Crippen molar-refractivity contribution in [1.29, 1.82) is 0 Å². The molecule has 0 aliphatic heterocycles. The van der Waals surface area contributed by atoms with Gasteiger partial charge in [0.25, 0.3) is 5.91 Å². The van der Waals surface area contributed by atoms with Gasteiger partial charge in [0.15, 0.2) is 11.4 Å². The number of amides is 1. The van der Waals surface area contributed by atoms with Gasteiger partial charge in [0, 0.05) is 7.05 Å². The maximum absolute atomic E-state index is 12.4. The molecule has 0 aromatic carbocycles. The highest BCUT2D eigenvalue weighted by molar-refractivity contribution is 6.34. The molecule has 0 saturated heterocycles. The number of hydrogen-bond donors (Lipinski definition) is 2. The van der Waals surface area contributed by atoms with Crippen molar-refractivity contribution in [3.05, 3.63) is 28.8 Å². The van der Waals surface area contributed by atoms with Crippen molar-refractivity contribution >= 4 is 17.5 Å². The number of carbonyl (C=O) groups is 1. The Morgan fingerprint density at radius 3 is 3.04 bits per heavy atom. The molecule has 124 valence electrons. The third kappa shape index (κ3) is 3.34. The highest BCUT2D eigenvalue weighted by atomic mass is 35.5. The Morgan fingerprint density at radius 1 is 1.57 bits per heavy atom. The van der Waals surface area contributed by atoms with Crippen molar-refractivity contribution in [3.8, 4) is 5.75 Å². The minimum absolute atomic E-state index is 0.0550. The molecule has 8 heteroatoms. The molecule has 23 heavy (non-hydrogen) atoms. The van der Waals surface area contributed by atoms with Crippen LogP contribution in [0.15, 0.2) is 12.4 Å². The van der Waals surface area contributed by atoms with E-state index in [9.17, 15) is 4.79 Å². The van der Waals surface area contributed by atoms with Gasteiger partial charge < -0.3 is 10.1 Å². The Balaban J connectivity index is 1.66. The van der Waals surface area contributed by atoms with Crippen molar-refractivity contribution in [2.24, 2.45) is 7.05 Å². The van der Waals surface area contributed by atoms with Gasteiger partial charge in [-0.1, -0.05) is 18.5 Å². The quantitative estimate of drug-likeness (QED) is 0.875. The number of hydrogen-bond acceptors (Lipinski definition) is 4. The molecule has 1 aliphatic carbocycles. The molecule has 2 heterocycles. The number of carbonyl (C=O) groups excluding carboxylic acids is 1. The lowest BCUT2D eigenvalue weighted by molar-refractivity contribution is 0.0889. The first-order valence-corrected chi connectivity index (χ1v) is 8.15. The highest BCUT2D eigenvalue weighted by Crippen LogP contribution is 2.25. The predicted octanol–water partition coefficient (Wildman–Crippen LogP) is 2.09. The first-order valence-electron chi connectivity index (χ1n) is 7.77. The van der Waals surface area contributed by atoms with E-state index in [1.807, 2.05) is 20.2 Å². The van der Waals surface area contributed by atoms with E-state index in [1.54, 1.807) is 10.9 Å². The zero-order valence-corrected chi connectivity index (χ0v) is 13.9. The fourth-order valence-corrected chi connectivity index (χ4v) is 3.16. The lowest BCUT2D eigenvalue weighted by atomic mass is 10.2. The SMILES string of the molecule is CCc1[nH]nc(C(=O)N[C@H]2CCC[C@H]2Oc2cnn(C)c2)c1Cl. The maximum atomic E-state index is 12.4. The van der Waals surface area contributed by atoms with Gasteiger partial charge in [0.2, 0.25) is 0 Å². The monoisotopic (exact) mass is 337 g/mol. The van der Waals surface area contributed by atoms with Crippen LogP contribution in [-0.2, 0) is 13.5 Å². The number of H-pyrrole nitrogens is 1. The van der Waals surface area contributed by atoms with Crippen LogP contribution in [-0.4, -0.2) is 38.0 Å². The molecule has 1 saturated carbocycles. The van der Waals surface area contributed by atoms with E-state index >= 15 is 0 Å². The fourth-order valence-electron chi connectivity index (χ4n) is 2.85. The standard InChI is InChI=1S/C15H20ClN5O2/c1-3-10-13(16)14(20-19-10)15(22)18-11-5-4-6-12(11)23-9-7-17-21(2)8-9/h7-8,11-12H,3-6H2,1-2H3,(H,18,22)(H,19,20)/t11-,12+/m0/s1. The molecule has 7 nitrogen and oxygen atoms in total. The first kappa shape index (κ1) is 15.9. The van der Waals surface area contributed by atoms with E-state index in [4.69, 9.17) is 16.3 Å². The third-order valence-electron chi connectivity index (χ3n) is 4.08. The summed E-state index contributed by atoms with van der Waals surface area (Å²) in [6.07, 6.45) is 6.91. The highest BCUT2D eigenvalue weighted by Gasteiger charge is 2.32. The van der Waals surface area contributed by atoms with E-state index in [0.717, 1.165) is 25.0 Å². The Bertz CT molecular complexity index is 696. The number of rotatable bonds is 5. The van der Waals surface area contributed by atoms with E-state index < -0.39 is 0 Å². The minimum Gasteiger partial charge on any atom is -0.485 e. The van der Waals surface area contributed by atoms with Gasteiger partial charge in [-0.3, -0.25) is 14.6 Å². The summed E-state index contributed by atoms with van der Waals surface area (Å²) < 4.78 is 7.63. The zero-order chi connectivity index (χ0) is 16.4. The normalized spacial score (nSPS) is 20.7. The molecular weight excluding hydrogens is 318 g/mol. The summed E-state index contributed by atoms with van der Waals surface area (Å²) in [6, 6.07) is -0.0550. The summed E-state index contributed by atoms with van der Waals surface area (Å²) in [7, 11) is 1.84. The van der Waals surface area contributed by atoms with E-state index in [2.05, 4.69) is 20.6 Å². The number of halogens is 1. The van der Waals surface area contributed by atoms with Gasteiger partial charge in [-0.05, 0) is 25.7 Å². The van der Waals surface area contributed by atoms with Gasteiger partial charge in [0.05, 0.1) is 29.2 Å². The summed E-state index contributed by atoms with van der Waals surface area (Å²) in [4.78, 5) is 12.4. The lowest BCUT2D eigenvalue weighted by Crippen LogP contribution is -2.42. The number of aromatic amines is 1. The van der Waals surface area contributed by atoms with Gasteiger partial charge in [-0.15, -0.1) is 0 Å². The van der Waals surface area contributed by atoms with Crippen LogP contribution < -0.4 is 10.1 Å². The van der Waals surface area contributed by atoms with Crippen molar-refractivity contribution < 1.29 is 9.53 Å². The summed E-state index contributed by atoms with van der Waals surface area (Å²) in [5.41, 5.74) is 1.02. The number of ether oxygens (including phenoxy) is 1. The van der Waals surface area contributed by atoms with Crippen LogP contribution in [0, 0.1) is 0 Å². The third-order valence-corrected chi connectivity index (χ3v) is 4.49. The average molecular weight is 338 g/mol.